The van der Waals surface area contributed by atoms with Gasteiger partial charge in [-0.3, -0.25) is 9.59 Å². The maximum absolute atomic E-state index is 10.3. The summed E-state index contributed by atoms with van der Waals surface area (Å²) >= 11 is 0. The van der Waals surface area contributed by atoms with Gasteiger partial charge in [0.05, 0.1) is 16.4 Å². The number of carboxylic acid groups (broad SMARTS) is 2. The van der Waals surface area contributed by atoms with Crippen molar-refractivity contribution in [2.45, 2.75) is 18.9 Å². The molecule has 0 aromatic carbocycles. The van der Waals surface area contributed by atoms with Gasteiger partial charge in [-0.2, -0.15) is 0 Å². The van der Waals surface area contributed by atoms with Crippen molar-refractivity contribution in [2.24, 2.45) is 0 Å². The van der Waals surface area contributed by atoms with Crippen molar-refractivity contribution in [2.75, 3.05) is 0 Å². The van der Waals surface area contributed by atoms with E-state index < -0.39 is 18.0 Å². The van der Waals surface area contributed by atoms with E-state index in [0.29, 0.717) is 10.4 Å². The Morgan fingerprint density at radius 2 is 2.00 bits per heavy atom. The van der Waals surface area contributed by atoms with Crippen LogP contribution in [0.15, 0.2) is 0 Å². The first-order valence-electron chi connectivity index (χ1n) is 3.19. The first kappa shape index (κ1) is 10.1. The number of rotatable bonds is 5. The van der Waals surface area contributed by atoms with Crippen molar-refractivity contribution >= 4 is 22.3 Å². The van der Waals surface area contributed by atoms with Crippen molar-refractivity contribution in [1.82, 2.24) is 4.98 Å². The minimum atomic E-state index is -0.985. The minimum Gasteiger partial charge on any atom is -0.481 e. The van der Waals surface area contributed by atoms with Crippen LogP contribution >= 0.6 is 0 Å². The van der Waals surface area contributed by atoms with Crippen molar-refractivity contribution in [1.29, 1.82) is 0 Å². The average molecular weight is 177 g/mol. The highest BCUT2D eigenvalue weighted by molar-refractivity contribution is 6.06. The Morgan fingerprint density at radius 1 is 1.45 bits per heavy atom. The smallest absolute Gasteiger partial charge is 0.320 e. The lowest BCUT2D eigenvalue weighted by Gasteiger charge is -2.08. The van der Waals surface area contributed by atoms with Gasteiger partial charge in [-0.15, -0.1) is 0 Å². The number of hydrogen-bond donors (Lipinski definition) is 3. The van der Waals surface area contributed by atoms with Gasteiger partial charge in [0.1, 0.15) is 0 Å². The van der Waals surface area contributed by atoms with Gasteiger partial charge in [-0.25, -0.2) is 0 Å². The number of aliphatic carboxylic acids is 2. The standard InChI is InChI=1S/C5H11NO4Si/c7-4(8)2-1-3(6-11)5(9)10/h3,6H,1-2H2,11H3,(H,7,8)(H,9,10). The van der Waals surface area contributed by atoms with Crippen molar-refractivity contribution in [3.05, 3.63) is 0 Å². The quantitative estimate of drug-likeness (QED) is 0.430. The molecule has 0 fully saturated rings. The predicted octanol–water partition coefficient (Wildman–Crippen LogP) is -1.83. The van der Waals surface area contributed by atoms with E-state index in [1.54, 1.807) is 0 Å². The van der Waals surface area contributed by atoms with Crippen molar-refractivity contribution in [3.8, 4) is 0 Å². The van der Waals surface area contributed by atoms with Crippen LogP contribution in [-0.2, 0) is 9.59 Å². The summed E-state index contributed by atoms with van der Waals surface area (Å²) in [6.45, 7) is 0. The zero-order valence-electron chi connectivity index (χ0n) is 6.20. The Hall–Kier alpha value is -0.883. The topological polar surface area (TPSA) is 86.6 Å². The van der Waals surface area contributed by atoms with E-state index in [1.807, 2.05) is 0 Å². The second-order valence-corrected chi connectivity index (χ2v) is 2.69. The number of nitrogens with one attached hydrogen (secondary N) is 1. The monoisotopic (exact) mass is 177 g/mol. The van der Waals surface area contributed by atoms with Gasteiger partial charge in [0, 0.05) is 6.42 Å². The summed E-state index contributed by atoms with van der Waals surface area (Å²) in [4.78, 5) is 23.0. The lowest BCUT2D eigenvalue weighted by atomic mass is 10.2. The van der Waals surface area contributed by atoms with E-state index >= 15 is 0 Å². The predicted molar refractivity (Wildman–Crippen MR) is 41.4 cm³/mol. The Morgan fingerprint density at radius 3 is 2.27 bits per heavy atom. The molecule has 0 rings (SSSR count). The molecule has 5 nitrogen and oxygen atoms in total. The third kappa shape index (κ3) is 4.51. The van der Waals surface area contributed by atoms with Crippen LogP contribution in [0, 0.1) is 0 Å². The van der Waals surface area contributed by atoms with E-state index in [9.17, 15) is 9.59 Å². The summed E-state index contributed by atoms with van der Waals surface area (Å²) in [6, 6.07) is -0.697. The molecular formula is C5H11NO4Si. The van der Waals surface area contributed by atoms with Gasteiger partial charge >= 0.3 is 11.9 Å². The van der Waals surface area contributed by atoms with Crippen LogP contribution in [0.25, 0.3) is 0 Å². The number of carboxylic acids is 2. The van der Waals surface area contributed by atoms with Crippen LogP contribution < -0.4 is 4.98 Å². The van der Waals surface area contributed by atoms with E-state index in [2.05, 4.69) is 4.98 Å². The molecule has 0 saturated heterocycles. The van der Waals surface area contributed by atoms with Gasteiger partial charge in [-0.05, 0) is 6.42 Å². The Bertz CT molecular complexity index is 161. The van der Waals surface area contributed by atoms with Crippen molar-refractivity contribution < 1.29 is 19.8 Å². The van der Waals surface area contributed by atoms with Crippen LogP contribution in [0.2, 0.25) is 0 Å². The fourth-order valence-corrected chi connectivity index (χ4v) is 1.19. The molecule has 0 saturated carbocycles. The van der Waals surface area contributed by atoms with Crippen LogP contribution in [-0.4, -0.2) is 38.6 Å². The molecule has 0 heterocycles. The number of carbonyl (C=O) groups is 2. The molecule has 1 unspecified atom stereocenters. The molecule has 0 aliphatic rings. The van der Waals surface area contributed by atoms with Gasteiger partial charge in [0.15, 0.2) is 0 Å². The van der Waals surface area contributed by atoms with Crippen LogP contribution in [0.1, 0.15) is 12.8 Å². The van der Waals surface area contributed by atoms with Gasteiger partial charge in [0.25, 0.3) is 0 Å². The zero-order valence-corrected chi connectivity index (χ0v) is 8.20. The van der Waals surface area contributed by atoms with Gasteiger partial charge in [0.2, 0.25) is 0 Å². The molecule has 1 atom stereocenters. The molecule has 0 aromatic rings. The highest BCUT2D eigenvalue weighted by atomic mass is 28.2. The van der Waals surface area contributed by atoms with E-state index in [0.717, 1.165) is 0 Å². The highest BCUT2D eigenvalue weighted by Crippen LogP contribution is 1.96. The normalized spacial score (nSPS) is 12.7. The third-order valence-electron chi connectivity index (χ3n) is 1.29. The van der Waals surface area contributed by atoms with Crippen molar-refractivity contribution in [3.63, 3.8) is 0 Å². The summed E-state index contributed by atoms with van der Waals surface area (Å²) in [5.41, 5.74) is 0. The molecule has 0 aliphatic carbocycles. The fraction of sp³-hybridized carbons (Fsp3) is 0.600. The molecule has 0 bridgehead atoms. The first-order valence-corrected chi connectivity index (χ1v) is 4.19. The zero-order chi connectivity index (χ0) is 8.85. The van der Waals surface area contributed by atoms with E-state index in [1.165, 1.54) is 0 Å². The summed E-state index contributed by atoms with van der Waals surface area (Å²) in [7, 11) is 0.556. The van der Waals surface area contributed by atoms with E-state index in [4.69, 9.17) is 10.2 Å². The van der Waals surface area contributed by atoms with Gasteiger partial charge < -0.3 is 15.2 Å². The Labute approximate surface area is 66.9 Å². The maximum atomic E-state index is 10.3. The molecule has 0 aliphatic heterocycles. The molecule has 3 N–H and O–H groups in total. The molecular weight excluding hydrogens is 166 g/mol. The summed E-state index contributed by atoms with van der Waals surface area (Å²) < 4.78 is 0. The molecule has 64 valence electrons. The number of hydrogen-bond acceptors (Lipinski definition) is 3. The van der Waals surface area contributed by atoms with Gasteiger partial charge in [-0.1, -0.05) is 0 Å². The fourth-order valence-electron chi connectivity index (χ4n) is 0.659. The molecule has 6 heteroatoms. The molecule has 11 heavy (non-hydrogen) atoms. The van der Waals surface area contributed by atoms with Crippen LogP contribution in [0.4, 0.5) is 0 Å². The van der Waals surface area contributed by atoms with Crippen LogP contribution in [0.5, 0.6) is 0 Å². The highest BCUT2D eigenvalue weighted by Gasteiger charge is 2.14. The Balaban J connectivity index is 3.70. The van der Waals surface area contributed by atoms with Crippen LogP contribution in [0.3, 0.4) is 0 Å². The first-order chi connectivity index (χ1) is 5.07. The third-order valence-corrected chi connectivity index (χ3v) is 1.99. The SMILES string of the molecule is O=C(O)CCC(N[SiH3])C(=O)O. The summed E-state index contributed by atoms with van der Waals surface area (Å²) in [5.74, 6) is -1.95. The second-order valence-electron chi connectivity index (χ2n) is 2.11. The summed E-state index contributed by atoms with van der Waals surface area (Å²) in [6.07, 6.45) is 0.0420. The maximum Gasteiger partial charge on any atom is 0.320 e. The minimum absolute atomic E-state index is 0.105. The lowest BCUT2D eigenvalue weighted by Crippen LogP contribution is -2.35. The molecule has 0 aromatic heterocycles. The molecule has 0 amide bonds. The lowest BCUT2D eigenvalue weighted by molar-refractivity contribution is -0.140. The van der Waals surface area contributed by atoms with E-state index in [-0.39, 0.29) is 12.8 Å². The Kier molecular flexibility index (Phi) is 4.47. The second kappa shape index (κ2) is 4.86. The molecule has 0 spiro atoms. The summed E-state index contributed by atoms with van der Waals surface area (Å²) in [5, 5.41) is 16.7. The largest absolute Gasteiger partial charge is 0.481 e. The molecule has 0 radical (unpaired) electrons. The average Bonchev–Trinajstić information content (AvgIpc) is 1.87.